The highest BCUT2D eigenvalue weighted by Gasteiger charge is 2.36. The number of carboxylic acid groups (broad SMARTS) is 1. The van der Waals surface area contributed by atoms with Gasteiger partial charge >= 0.3 is 5.97 Å². The molecule has 0 atom stereocenters. The lowest BCUT2D eigenvalue weighted by Crippen LogP contribution is -2.53. The van der Waals surface area contributed by atoms with Crippen LogP contribution >= 0.6 is 0 Å². The predicted molar refractivity (Wildman–Crippen MR) is 60.3 cm³/mol. The van der Waals surface area contributed by atoms with Crippen LogP contribution in [0, 0.1) is 0 Å². The highest BCUT2D eigenvalue weighted by molar-refractivity contribution is 5.89. The van der Waals surface area contributed by atoms with Gasteiger partial charge in [-0.05, 0) is 20.3 Å². The zero-order chi connectivity index (χ0) is 13.2. The third-order valence-corrected chi connectivity index (χ3v) is 3.23. The fourth-order valence-electron chi connectivity index (χ4n) is 1.60. The largest absolute Gasteiger partial charge is 0.480 e. The quantitative estimate of drug-likeness (QED) is 0.748. The van der Waals surface area contributed by atoms with Crippen molar-refractivity contribution in [2.24, 2.45) is 0 Å². The first-order chi connectivity index (χ1) is 7.76. The molecule has 0 saturated carbocycles. The smallest absolute Gasteiger partial charge is 0.329 e. The first-order valence-electron chi connectivity index (χ1n) is 5.54. The average Bonchev–Trinajstić information content (AvgIpc) is 2.63. The number of carbonyl (C=O) groups is 3. The summed E-state index contributed by atoms with van der Waals surface area (Å²) in [7, 11) is 1.44. The molecule has 1 fully saturated rings. The molecule has 1 aliphatic rings. The zero-order valence-electron chi connectivity index (χ0n) is 10.4. The SMILES string of the molecule is CN(C(=O)CN1CCCC1=O)C(C)(C)C(=O)O. The fourth-order valence-corrected chi connectivity index (χ4v) is 1.60. The highest BCUT2D eigenvalue weighted by Crippen LogP contribution is 2.15. The van der Waals surface area contributed by atoms with Gasteiger partial charge in [-0.15, -0.1) is 0 Å². The summed E-state index contributed by atoms with van der Waals surface area (Å²) in [5.41, 5.74) is -1.26. The van der Waals surface area contributed by atoms with E-state index in [1.54, 1.807) is 0 Å². The summed E-state index contributed by atoms with van der Waals surface area (Å²) in [6.07, 6.45) is 1.23. The Morgan fingerprint density at radius 1 is 1.47 bits per heavy atom. The Labute approximate surface area is 100 Å². The number of amides is 2. The molecule has 1 N–H and O–H groups in total. The van der Waals surface area contributed by atoms with Gasteiger partial charge in [0.05, 0.1) is 6.54 Å². The molecule has 0 aromatic carbocycles. The van der Waals surface area contributed by atoms with Crippen molar-refractivity contribution < 1.29 is 19.5 Å². The third kappa shape index (κ3) is 2.75. The zero-order valence-corrected chi connectivity index (χ0v) is 10.4. The monoisotopic (exact) mass is 242 g/mol. The Morgan fingerprint density at radius 3 is 2.47 bits per heavy atom. The minimum atomic E-state index is -1.26. The van der Waals surface area contributed by atoms with E-state index in [0.717, 1.165) is 6.42 Å². The number of carbonyl (C=O) groups excluding carboxylic acids is 2. The molecule has 0 aliphatic carbocycles. The predicted octanol–water partition coefficient (Wildman–Crippen LogP) is -0.0696. The molecular formula is C11H18N2O4. The van der Waals surface area contributed by atoms with E-state index in [0.29, 0.717) is 13.0 Å². The van der Waals surface area contributed by atoms with E-state index >= 15 is 0 Å². The van der Waals surface area contributed by atoms with Crippen LogP contribution < -0.4 is 0 Å². The molecule has 0 spiro atoms. The number of hydrogen-bond donors (Lipinski definition) is 1. The third-order valence-electron chi connectivity index (χ3n) is 3.23. The molecule has 1 heterocycles. The van der Waals surface area contributed by atoms with E-state index < -0.39 is 11.5 Å². The molecule has 0 aromatic heterocycles. The number of aliphatic carboxylic acids is 1. The van der Waals surface area contributed by atoms with Crippen molar-refractivity contribution in [1.82, 2.24) is 9.80 Å². The van der Waals surface area contributed by atoms with Gasteiger partial charge < -0.3 is 14.9 Å². The van der Waals surface area contributed by atoms with Crippen molar-refractivity contribution >= 4 is 17.8 Å². The van der Waals surface area contributed by atoms with Crippen LogP contribution in [0.25, 0.3) is 0 Å². The van der Waals surface area contributed by atoms with Gasteiger partial charge in [-0.1, -0.05) is 0 Å². The van der Waals surface area contributed by atoms with E-state index in [1.807, 2.05) is 0 Å². The van der Waals surface area contributed by atoms with E-state index in [2.05, 4.69) is 0 Å². The molecule has 2 amide bonds. The van der Waals surface area contributed by atoms with Gasteiger partial charge in [-0.3, -0.25) is 9.59 Å². The van der Waals surface area contributed by atoms with Crippen LogP contribution in [0.2, 0.25) is 0 Å². The van der Waals surface area contributed by atoms with Gasteiger partial charge in [0, 0.05) is 20.0 Å². The van der Waals surface area contributed by atoms with Gasteiger partial charge in [-0.25, -0.2) is 4.79 Å². The van der Waals surface area contributed by atoms with Gasteiger partial charge in [0.1, 0.15) is 5.54 Å². The lowest BCUT2D eigenvalue weighted by molar-refractivity contribution is -0.156. The van der Waals surface area contributed by atoms with Gasteiger partial charge in [0.15, 0.2) is 0 Å². The minimum Gasteiger partial charge on any atom is -0.480 e. The standard InChI is InChI=1S/C11H18N2O4/c1-11(2,10(16)17)12(3)9(15)7-13-6-4-5-8(13)14/h4-7H2,1-3H3,(H,16,17). The molecule has 0 radical (unpaired) electrons. The highest BCUT2D eigenvalue weighted by atomic mass is 16.4. The number of nitrogens with zero attached hydrogens (tertiary/aromatic N) is 2. The summed E-state index contributed by atoms with van der Waals surface area (Å²) in [5, 5.41) is 9.00. The Balaban J connectivity index is 2.64. The van der Waals surface area contributed by atoms with Gasteiger partial charge in [-0.2, -0.15) is 0 Å². The van der Waals surface area contributed by atoms with Crippen LogP contribution in [0.15, 0.2) is 0 Å². The molecule has 6 nitrogen and oxygen atoms in total. The maximum absolute atomic E-state index is 11.9. The Bertz CT molecular complexity index is 351. The Kier molecular flexibility index (Phi) is 3.75. The first-order valence-corrected chi connectivity index (χ1v) is 5.54. The van der Waals surface area contributed by atoms with Crippen LogP contribution in [-0.2, 0) is 14.4 Å². The molecule has 1 aliphatic heterocycles. The van der Waals surface area contributed by atoms with Crippen LogP contribution in [-0.4, -0.2) is 58.4 Å². The number of likely N-dealkylation sites (N-methyl/N-ethyl adjacent to an activating group) is 1. The number of rotatable bonds is 4. The first kappa shape index (κ1) is 13.5. The van der Waals surface area contributed by atoms with E-state index in [1.165, 1.54) is 30.7 Å². The van der Waals surface area contributed by atoms with Crippen molar-refractivity contribution in [2.45, 2.75) is 32.2 Å². The Hall–Kier alpha value is -1.59. The maximum Gasteiger partial charge on any atom is 0.329 e. The number of likely N-dealkylation sites (tertiary alicyclic amines) is 1. The molecule has 0 bridgehead atoms. The second kappa shape index (κ2) is 4.73. The van der Waals surface area contributed by atoms with Gasteiger partial charge in [0.25, 0.3) is 0 Å². The molecule has 1 saturated heterocycles. The van der Waals surface area contributed by atoms with Crippen molar-refractivity contribution in [1.29, 1.82) is 0 Å². The fraction of sp³-hybridized carbons (Fsp3) is 0.727. The molecule has 96 valence electrons. The van der Waals surface area contributed by atoms with Crippen molar-refractivity contribution in [3.8, 4) is 0 Å². The summed E-state index contributed by atoms with van der Waals surface area (Å²) >= 11 is 0. The minimum absolute atomic E-state index is 0.0357. The van der Waals surface area contributed by atoms with E-state index in [4.69, 9.17) is 5.11 Å². The van der Waals surface area contributed by atoms with Crippen molar-refractivity contribution in [2.75, 3.05) is 20.1 Å². The lowest BCUT2D eigenvalue weighted by atomic mass is 10.0. The van der Waals surface area contributed by atoms with Crippen molar-refractivity contribution in [3.63, 3.8) is 0 Å². The van der Waals surface area contributed by atoms with Crippen LogP contribution in [0.5, 0.6) is 0 Å². The summed E-state index contributed by atoms with van der Waals surface area (Å²) in [6.45, 7) is 3.45. The van der Waals surface area contributed by atoms with Crippen molar-refractivity contribution in [3.05, 3.63) is 0 Å². The van der Waals surface area contributed by atoms with E-state index in [9.17, 15) is 14.4 Å². The second-order valence-corrected chi connectivity index (χ2v) is 4.74. The summed E-state index contributed by atoms with van der Waals surface area (Å²) in [5.74, 6) is -1.46. The molecule has 1 rings (SSSR count). The molecule has 0 aromatic rings. The maximum atomic E-state index is 11.9. The summed E-state index contributed by atoms with van der Waals surface area (Å²) in [6, 6.07) is 0. The molecule has 6 heteroatoms. The normalized spacial score (nSPS) is 16.2. The second-order valence-electron chi connectivity index (χ2n) is 4.74. The Morgan fingerprint density at radius 2 is 2.06 bits per heavy atom. The van der Waals surface area contributed by atoms with Crippen LogP contribution in [0.3, 0.4) is 0 Å². The number of carboxylic acids is 1. The van der Waals surface area contributed by atoms with Gasteiger partial charge in [0.2, 0.25) is 11.8 Å². The molecule has 17 heavy (non-hydrogen) atoms. The summed E-state index contributed by atoms with van der Waals surface area (Å²) < 4.78 is 0. The van der Waals surface area contributed by atoms with E-state index in [-0.39, 0.29) is 18.4 Å². The number of hydrogen-bond acceptors (Lipinski definition) is 3. The molecular weight excluding hydrogens is 224 g/mol. The van der Waals surface area contributed by atoms with Crippen LogP contribution in [0.1, 0.15) is 26.7 Å². The van der Waals surface area contributed by atoms with Crippen LogP contribution in [0.4, 0.5) is 0 Å². The molecule has 0 unspecified atom stereocenters. The average molecular weight is 242 g/mol. The summed E-state index contributed by atoms with van der Waals surface area (Å²) in [4.78, 5) is 36.8. The lowest BCUT2D eigenvalue weighted by Gasteiger charge is -2.32. The topological polar surface area (TPSA) is 77.9 Å².